The molecular weight excluding hydrogens is 917 g/mol. The molecule has 74 heavy (non-hydrogen) atoms. The Labute approximate surface area is 455 Å². The predicted octanol–water partition coefficient (Wildman–Crippen LogP) is 12.0. The Hall–Kier alpha value is -2.97. The highest BCUT2D eigenvalue weighted by atomic mass is 15.4. The van der Waals surface area contributed by atoms with Gasteiger partial charge in [0.1, 0.15) is 6.17 Å². The Balaban J connectivity index is 1.43. The Morgan fingerprint density at radius 1 is 0.365 bits per heavy atom. The van der Waals surface area contributed by atoms with Crippen molar-refractivity contribution in [3.8, 4) is 0 Å². The van der Waals surface area contributed by atoms with Gasteiger partial charge >= 0.3 is 0 Å². The third kappa shape index (κ3) is 18.9. The molecule has 4 aliphatic heterocycles. The van der Waals surface area contributed by atoms with Crippen LogP contribution in [0.3, 0.4) is 0 Å². The second-order valence-electron chi connectivity index (χ2n) is 27.5. The number of hydrogen-bond acceptors (Lipinski definition) is 14. The van der Waals surface area contributed by atoms with E-state index in [0.717, 1.165) is 204 Å². The van der Waals surface area contributed by atoms with Crippen molar-refractivity contribution in [2.24, 2.45) is 9.98 Å². The zero-order chi connectivity index (χ0) is 54.5. The van der Waals surface area contributed by atoms with E-state index in [9.17, 15) is 0 Å². The second kappa shape index (κ2) is 27.1. The van der Waals surface area contributed by atoms with Gasteiger partial charge in [0.05, 0.1) is 0 Å². The molecule has 5 heterocycles. The van der Waals surface area contributed by atoms with E-state index in [1.54, 1.807) is 0 Å². The fraction of sp³-hybridized carbons (Fsp3) is 0.917. The molecule has 0 radical (unpaired) electrons. The van der Waals surface area contributed by atoms with Gasteiger partial charge in [-0.25, -0.2) is 9.98 Å². The highest BCUT2D eigenvalue weighted by Gasteiger charge is 2.45. The first kappa shape index (κ1) is 61.9. The van der Waals surface area contributed by atoms with Crippen molar-refractivity contribution in [3.63, 3.8) is 0 Å². The lowest BCUT2D eigenvalue weighted by Gasteiger charge is -2.52. The minimum Gasteiger partial charge on any atom is -0.341 e. The van der Waals surface area contributed by atoms with Crippen molar-refractivity contribution >= 4 is 29.8 Å². The van der Waals surface area contributed by atoms with Crippen LogP contribution in [0.5, 0.6) is 0 Å². The minimum absolute atomic E-state index is 0.00388. The summed E-state index contributed by atoms with van der Waals surface area (Å²) >= 11 is 0. The van der Waals surface area contributed by atoms with Crippen LogP contribution < -0.4 is 36.0 Å². The number of aromatic nitrogens is 3. The quantitative estimate of drug-likeness (QED) is 0.0597. The summed E-state index contributed by atoms with van der Waals surface area (Å²) in [4.78, 5) is 40.0. The summed E-state index contributed by atoms with van der Waals surface area (Å²) in [6.45, 7) is 49.0. The largest absolute Gasteiger partial charge is 0.341 e. The van der Waals surface area contributed by atoms with Gasteiger partial charge in [-0.2, -0.15) is 15.0 Å². The normalized spacial score (nSPS) is 22.4. The molecule has 1 unspecified atom stereocenters. The van der Waals surface area contributed by atoms with E-state index in [-0.39, 0.29) is 39.4 Å². The van der Waals surface area contributed by atoms with Crippen LogP contribution in [0.25, 0.3) is 0 Å². The van der Waals surface area contributed by atoms with Crippen LogP contribution in [-0.4, -0.2) is 140 Å². The molecule has 3 fully saturated rings. The monoisotopic (exact) mass is 1030 g/mol. The summed E-state index contributed by atoms with van der Waals surface area (Å²) in [6.07, 6.45) is 22.1. The first-order valence-corrected chi connectivity index (χ1v) is 30.6. The molecule has 14 heteroatoms. The Morgan fingerprint density at radius 2 is 0.635 bits per heavy atom. The molecule has 14 nitrogen and oxygen atoms in total. The summed E-state index contributed by atoms with van der Waals surface area (Å²) in [5.41, 5.74) is 0.0520. The van der Waals surface area contributed by atoms with E-state index in [4.69, 9.17) is 24.9 Å². The van der Waals surface area contributed by atoms with Crippen molar-refractivity contribution in [1.29, 1.82) is 0 Å². The number of guanidine groups is 2. The third-order valence-corrected chi connectivity index (χ3v) is 16.1. The number of anilines is 3. The van der Waals surface area contributed by atoms with Crippen LogP contribution in [0.2, 0.25) is 0 Å². The van der Waals surface area contributed by atoms with Crippen molar-refractivity contribution in [2.75, 3.05) is 60.5 Å². The maximum Gasteiger partial charge on any atom is 0.232 e. The lowest BCUT2D eigenvalue weighted by Crippen LogP contribution is -2.66. The smallest absolute Gasteiger partial charge is 0.232 e. The number of aliphatic imine (C=N–C) groups is 2. The molecule has 4 aliphatic rings. The van der Waals surface area contributed by atoms with E-state index in [1.165, 1.54) is 0 Å². The van der Waals surface area contributed by atoms with E-state index >= 15 is 0 Å². The maximum absolute atomic E-state index is 5.54. The van der Waals surface area contributed by atoms with Crippen LogP contribution in [0, 0.1) is 0 Å². The molecule has 1 atom stereocenters. The van der Waals surface area contributed by atoms with Crippen molar-refractivity contribution in [2.45, 2.75) is 311 Å². The van der Waals surface area contributed by atoms with Gasteiger partial charge in [0.25, 0.3) is 0 Å². The number of nitrogens with one attached hydrogen (secondary N) is 4. The molecule has 1 aromatic rings. The highest BCUT2D eigenvalue weighted by Crippen LogP contribution is 2.37. The van der Waals surface area contributed by atoms with Gasteiger partial charge in [-0.3, -0.25) is 5.32 Å². The van der Waals surface area contributed by atoms with Gasteiger partial charge in [-0.1, -0.05) is 79.6 Å². The van der Waals surface area contributed by atoms with Crippen LogP contribution in [0.4, 0.5) is 17.8 Å². The van der Waals surface area contributed by atoms with Gasteiger partial charge in [-0.15, -0.1) is 0 Å². The van der Waals surface area contributed by atoms with Gasteiger partial charge in [0.15, 0.2) is 0 Å². The average Bonchev–Trinajstić information content (AvgIpc) is 3.26. The molecule has 0 aliphatic carbocycles. The van der Waals surface area contributed by atoms with Crippen molar-refractivity contribution in [1.82, 2.24) is 46.0 Å². The van der Waals surface area contributed by atoms with E-state index in [1.807, 2.05) is 0 Å². The summed E-state index contributed by atoms with van der Waals surface area (Å²) in [5.74, 6) is 4.63. The lowest BCUT2D eigenvalue weighted by atomic mass is 9.79. The number of piperidine rings is 3. The summed E-state index contributed by atoms with van der Waals surface area (Å²) in [7, 11) is 0. The fourth-order valence-electron chi connectivity index (χ4n) is 13.7. The van der Waals surface area contributed by atoms with Crippen LogP contribution in [0.15, 0.2) is 9.98 Å². The van der Waals surface area contributed by atoms with Gasteiger partial charge in [0, 0.05) is 97.2 Å². The third-order valence-electron chi connectivity index (χ3n) is 16.1. The van der Waals surface area contributed by atoms with E-state index in [2.05, 4.69) is 170 Å². The maximum atomic E-state index is 5.54. The molecule has 0 bridgehead atoms. The number of rotatable bonds is 28. The topological polar surface area (TPSA) is 128 Å². The van der Waals surface area contributed by atoms with Gasteiger partial charge in [-0.05, 0) is 173 Å². The molecule has 0 spiro atoms. The number of nitrogens with zero attached hydrogens (tertiary/aromatic N) is 10. The average molecular weight is 1030 g/mol. The highest BCUT2D eigenvalue weighted by molar-refractivity contribution is 6.00. The Bertz CT molecular complexity index is 1800. The van der Waals surface area contributed by atoms with Crippen LogP contribution in [0.1, 0.15) is 253 Å². The van der Waals surface area contributed by atoms with Crippen molar-refractivity contribution < 1.29 is 0 Å². The SMILES string of the molecule is CCCCN(CCCC)c1nc(N(CCCC)CCCC)nc(N(CCCCCCN(C2=NC(C)N=C(N(CCCC)C3CC(C)(C)NC(C)(C)C3)N2)C2CC(C)(C)NC(C)(C)C2)C2CC(C)(C)NC(C)(C)C2)n1. The zero-order valence-electron chi connectivity index (χ0n) is 51.4. The summed E-state index contributed by atoms with van der Waals surface area (Å²) in [5, 5.41) is 15.9. The molecule has 3 saturated heterocycles. The summed E-state index contributed by atoms with van der Waals surface area (Å²) in [6, 6.07) is 1.03. The first-order chi connectivity index (χ1) is 34.7. The molecule has 5 rings (SSSR count). The molecule has 0 amide bonds. The summed E-state index contributed by atoms with van der Waals surface area (Å²) < 4.78 is 0. The number of unbranched alkanes of at least 4 members (excludes halogenated alkanes) is 8. The Kier molecular flexibility index (Phi) is 22.6. The lowest BCUT2D eigenvalue weighted by molar-refractivity contribution is 0.0967. The zero-order valence-corrected chi connectivity index (χ0v) is 51.4. The van der Waals surface area contributed by atoms with Gasteiger partial charge < -0.3 is 40.4 Å². The molecule has 0 saturated carbocycles. The number of hydrogen-bond donors (Lipinski definition) is 4. The van der Waals surface area contributed by atoms with E-state index in [0.29, 0.717) is 18.1 Å². The molecule has 4 N–H and O–H groups in total. The second-order valence-corrected chi connectivity index (χ2v) is 27.5. The molecular formula is C60H116N14. The molecule has 426 valence electrons. The van der Waals surface area contributed by atoms with Crippen molar-refractivity contribution in [3.05, 3.63) is 0 Å². The predicted molar refractivity (Wildman–Crippen MR) is 318 cm³/mol. The fourth-order valence-corrected chi connectivity index (χ4v) is 13.7. The molecule has 1 aromatic heterocycles. The minimum atomic E-state index is -0.151. The standard InChI is InChI=1S/C60H116N14/c1-19-24-33-70(34-25-20-2)50-63-51(71(35-26-21-3)36-27-22-4)65-54(64-50)74(49-44-59(15,16)69-60(17,18)45-49)39-32-30-29-31-38-73(48-42-57(11,12)68-58(13,14)43-48)53-62-46(6)61-52(66-53)72(37-28-23-5)47-40-55(7,8)67-56(9,10)41-47/h46-49,67-69H,19-45H2,1-18H3,(H,61,62,66). The molecule has 0 aromatic carbocycles. The first-order valence-electron chi connectivity index (χ1n) is 30.6. The van der Waals surface area contributed by atoms with E-state index < -0.39 is 0 Å². The Morgan fingerprint density at radius 3 is 0.959 bits per heavy atom. The van der Waals surface area contributed by atoms with Crippen LogP contribution >= 0.6 is 0 Å². The van der Waals surface area contributed by atoms with Gasteiger partial charge in [0.2, 0.25) is 29.8 Å². The van der Waals surface area contributed by atoms with Crippen LogP contribution in [-0.2, 0) is 0 Å².